The van der Waals surface area contributed by atoms with Crippen molar-refractivity contribution in [3.8, 4) is 5.75 Å². The van der Waals surface area contributed by atoms with Crippen molar-refractivity contribution in [3.05, 3.63) is 94.5 Å². The molecule has 2 N–H and O–H groups in total. The van der Waals surface area contributed by atoms with Gasteiger partial charge in [0.15, 0.2) is 0 Å². The molecule has 1 aliphatic rings. The van der Waals surface area contributed by atoms with Crippen LogP contribution >= 0.6 is 11.6 Å². The van der Waals surface area contributed by atoms with Gasteiger partial charge in [-0.05, 0) is 73.2 Å². The molecule has 212 valence electrons. The molecule has 40 heavy (non-hydrogen) atoms. The van der Waals surface area contributed by atoms with Gasteiger partial charge in [-0.1, -0.05) is 54.1 Å². The maximum Gasteiger partial charge on any atom is 0.242 e. The Bertz CT molecular complexity index is 1420. The Hall–Kier alpha value is -3.40. The molecular weight excluding hydrogens is 550 g/mol. The second-order valence-corrected chi connectivity index (χ2v) is 12.0. The van der Waals surface area contributed by atoms with Gasteiger partial charge in [0.1, 0.15) is 11.8 Å². The third-order valence-corrected chi connectivity index (χ3v) is 8.76. The zero-order valence-corrected chi connectivity index (χ0v) is 24.2. The van der Waals surface area contributed by atoms with Crippen LogP contribution in [-0.4, -0.2) is 44.3 Å². The molecule has 1 saturated carbocycles. The summed E-state index contributed by atoms with van der Waals surface area (Å²) in [5, 5.41) is 3.45. The summed E-state index contributed by atoms with van der Waals surface area (Å²) in [6.07, 6.45) is 2.29. The third-order valence-electron chi connectivity index (χ3n) is 6.85. The molecule has 8 nitrogen and oxygen atoms in total. The van der Waals surface area contributed by atoms with Gasteiger partial charge in [-0.3, -0.25) is 9.59 Å². The van der Waals surface area contributed by atoms with Crippen LogP contribution in [-0.2, 0) is 39.1 Å². The lowest BCUT2D eigenvalue weighted by Gasteiger charge is -2.29. The summed E-state index contributed by atoms with van der Waals surface area (Å²) in [6.45, 7) is 2.20. The molecule has 1 atom stereocenters. The summed E-state index contributed by atoms with van der Waals surface area (Å²) in [7, 11) is -1.95. The number of rotatable bonds is 13. The molecule has 0 aliphatic heterocycles. The summed E-state index contributed by atoms with van der Waals surface area (Å²) < 4.78 is 32.8. The van der Waals surface area contributed by atoms with Gasteiger partial charge in [0.05, 0.1) is 12.0 Å². The van der Waals surface area contributed by atoms with Crippen LogP contribution in [0.15, 0.2) is 77.7 Å². The van der Waals surface area contributed by atoms with Gasteiger partial charge in [0, 0.05) is 30.6 Å². The lowest BCUT2D eigenvalue weighted by Crippen LogP contribution is -2.47. The van der Waals surface area contributed by atoms with Crippen LogP contribution in [0.3, 0.4) is 0 Å². The molecule has 3 aromatic carbocycles. The molecule has 1 aliphatic carbocycles. The van der Waals surface area contributed by atoms with Gasteiger partial charge in [-0.15, -0.1) is 0 Å². The monoisotopic (exact) mass is 583 g/mol. The van der Waals surface area contributed by atoms with E-state index < -0.39 is 16.1 Å². The van der Waals surface area contributed by atoms with E-state index in [4.69, 9.17) is 16.3 Å². The van der Waals surface area contributed by atoms with Crippen molar-refractivity contribution in [3.63, 3.8) is 0 Å². The minimum Gasteiger partial charge on any atom is -0.497 e. The predicted molar refractivity (Wildman–Crippen MR) is 154 cm³/mol. The number of hydrogen-bond donors (Lipinski definition) is 2. The average Bonchev–Trinajstić information content (AvgIpc) is 3.77. The number of halogens is 1. The average molecular weight is 584 g/mol. The van der Waals surface area contributed by atoms with Crippen molar-refractivity contribution in [2.45, 2.75) is 62.7 Å². The van der Waals surface area contributed by atoms with Gasteiger partial charge in [-0.25, -0.2) is 13.1 Å². The Morgan fingerprint density at radius 1 is 1.00 bits per heavy atom. The van der Waals surface area contributed by atoms with E-state index in [1.165, 1.54) is 0 Å². The fraction of sp³-hybridized carbons (Fsp3) is 0.333. The van der Waals surface area contributed by atoms with E-state index >= 15 is 0 Å². The predicted octanol–water partition coefficient (Wildman–Crippen LogP) is 4.46. The molecule has 0 aromatic heterocycles. The second-order valence-electron chi connectivity index (χ2n) is 9.89. The number of sulfonamides is 1. The molecule has 10 heteroatoms. The number of amides is 2. The van der Waals surface area contributed by atoms with Crippen LogP contribution in [0.4, 0.5) is 0 Å². The number of nitrogens with zero attached hydrogens (tertiary/aromatic N) is 1. The highest BCUT2D eigenvalue weighted by molar-refractivity contribution is 7.89. The van der Waals surface area contributed by atoms with Crippen molar-refractivity contribution >= 4 is 33.4 Å². The Morgan fingerprint density at radius 3 is 2.27 bits per heavy atom. The molecule has 0 radical (unpaired) electrons. The summed E-state index contributed by atoms with van der Waals surface area (Å²) in [4.78, 5) is 28.4. The Kier molecular flexibility index (Phi) is 9.84. The Balaban J connectivity index is 1.43. The molecule has 0 heterocycles. The summed E-state index contributed by atoms with van der Waals surface area (Å²) in [5.41, 5.74) is 2.48. The van der Waals surface area contributed by atoms with Crippen LogP contribution in [0.1, 0.15) is 42.9 Å². The number of methoxy groups -OCH3 is 1. The first-order valence-electron chi connectivity index (χ1n) is 13.2. The highest BCUT2D eigenvalue weighted by Gasteiger charge is 2.28. The van der Waals surface area contributed by atoms with Crippen molar-refractivity contribution < 1.29 is 22.7 Å². The number of nitrogens with one attached hydrogen (secondary N) is 2. The zero-order chi connectivity index (χ0) is 28.7. The molecule has 0 spiro atoms. The first kappa shape index (κ1) is 29.6. The third kappa shape index (κ3) is 8.06. The molecule has 0 unspecified atom stereocenters. The quantitative estimate of drug-likeness (QED) is 0.309. The molecule has 0 saturated heterocycles. The van der Waals surface area contributed by atoms with Gasteiger partial charge >= 0.3 is 0 Å². The number of carbonyl (C=O) groups excluding carboxylic acids is 2. The minimum absolute atomic E-state index is 0.0304. The van der Waals surface area contributed by atoms with Crippen molar-refractivity contribution in [2.75, 3.05) is 7.11 Å². The van der Waals surface area contributed by atoms with Crippen LogP contribution < -0.4 is 14.8 Å². The van der Waals surface area contributed by atoms with Crippen LogP contribution in [0.25, 0.3) is 0 Å². The molecular formula is C30H34ClN3O5S. The van der Waals surface area contributed by atoms with E-state index in [2.05, 4.69) is 10.0 Å². The Morgan fingerprint density at radius 2 is 1.65 bits per heavy atom. The lowest BCUT2D eigenvalue weighted by molar-refractivity contribution is -0.140. The Labute approximate surface area is 240 Å². The molecule has 4 rings (SSSR count). The first-order chi connectivity index (χ1) is 19.2. The summed E-state index contributed by atoms with van der Waals surface area (Å²) in [6, 6.07) is 20.5. The summed E-state index contributed by atoms with van der Waals surface area (Å²) >= 11 is 6.23. The zero-order valence-electron chi connectivity index (χ0n) is 22.6. The highest BCUT2D eigenvalue weighted by Crippen LogP contribution is 2.23. The molecule has 1 fully saturated rings. The minimum atomic E-state index is -3.53. The van der Waals surface area contributed by atoms with Crippen LogP contribution in [0.5, 0.6) is 5.75 Å². The standard InChI is InChI=1S/C30H34ClN3O5S/c1-21(30(36)32-19-24-5-3-4-6-28(24)31)34(20-23-7-14-26(39-2)15-8-23)29(35)18-11-22-9-16-27(17-10-22)40(37,38)33-25-12-13-25/h3-10,14-17,21,25,33H,11-13,18-20H2,1-2H3,(H,32,36)/t21-/m0/s1. The molecule has 2 amide bonds. The van der Waals surface area contributed by atoms with E-state index in [1.807, 2.05) is 42.5 Å². The maximum atomic E-state index is 13.5. The van der Waals surface area contributed by atoms with Crippen molar-refractivity contribution in [2.24, 2.45) is 0 Å². The van der Waals surface area contributed by atoms with Crippen LogP contribution in [0.2, 0.25) is 5.02 Å². The van der Waals surface area contributed by atoms with E-state index in [1.54, 1.807) is 49.3 Å². The highest BCUT2D eigenvalue weighted by atomic mass is 35.5. The molecule has 3 aromatic rings. The fourth-order valence-corrected chi connectivity index (χ4v) is 5.71. The van der Waals surface area contributed by atoms with Crippen molar-refractivity contribution in [1.82, 2.24) is 14.9 Å². The van der Waals surface area contributed by atoms with E-state index in [9.17, 15) is 18.0 Å². The van der Waals surface area contributed by atoms with Crippen LogP contribution in [0, 0.1) is 0 Å². The first-order valence-corrected chi connectivity index (χ1v) is 15.1. The van der Waals surface area contributed by atoms with Crippen molar-refractivity contribution in [1.29, 1.82) is 0 Å². The smallest absolute Gasteiger partial charge is 0.242 e. The number of aryl methyl sites for hydroxylation is 1. The fourth-order valence-electron chi connectivity index (χ4n) is 4.20. The lowest BCUT2D eigenvalue weighted by atomic mass is 10.1. The van der Waals surface area contributed by atoms with E-state index in [-0.39, 0.29) is 42.3 Å². The van der Waals surface area contributed by atoms with Gasteiger partial charge in [0.2, 0.25) is 21.8 Å². The largest absolute Gasteiger partial charge is 0.497 e. The number of carbonyl (C=O) groups is 2. The summed E-state index contributed by atoms with van der Waals surface area (Å²) in [5.74, 6) is 0.216. The normalized spacial score (nSPS) is 13.9. The van der Waals surface area contributed by atoms with Gasteiger partial charge in [-0.2, -0.15) is 0 Å². The topological polar surface area (TPSA) is 105 Å². The van der Waals surface area contributed by atoms with Gasteiger partial charge in [0.25, 0.3) is 0 Å². The van der Waals surface area contributed by atoms with E-state index in [0.717, 1.165) is 29.5 Å². The maximum absolute atomic E-state index is 13.5. The molecule has 0 bridgehead atoms. The number of ether oxygens (including phenoxy) is 1. The van der Waals surface area contributed by atoms with E-state index in [0.29, 0.717) is 17.2 Å². The second kappa shape index (κ2) is 13.3. The number of hydrogen-bond acceptors (Lipinski definition) is 5. The van der Waals surface area contributed by atoms with Gasteiger partial charge < -0.3 is 15.0 Å². The SMILES string of the molecule is COc1ccc(CN(C(=O)CCc2ccc(S(=O)(=O)NC3CC3)cc2)[C@@H](C)C(=O)NCc2ccccc2Cl)cc1. The number of benzene rings is 3.